The SMILES string of the molecule is Clc1ccc(C2=CC=CN3CCSN=C23)cc1. The molecule has 0 aromatic heterocycles. The van der Waals surface area contributed by atoms with Crippen LogP contribution in [0.25, 0.3) is 5.57 Å². The monoisotopic (exact) mass is 262 g/mol. The summed E-state index contributed by atoms with van der Waals surface area (Å²) < 4.78 is 4.54. The van der Waals surface area contributed by atoms with E-state index in [-0.39, 0.29) is 0 Å². The van der Waals surface area contributed by atoms with Gasteiger partial charge in [0.25, 0.3) is 0 Å². The van der Waals surface area contributed by atoms with E-state index in [4.69, 9.17) is 11.6 Å². The van der Waals surface area contributed by atoms with Crippen LogP contribution in [0.4, 0.5) is 0 Å². The highest BCUT2D eigenvalue weighted by molar-refractivity contribution is 7.98. The Labute approximate surface area is 110 Å². The van der Waals surface area contributed by atoms with E-state index in [2.05, 4.69) is 27.6 Å². The van der Waals surface area contributed by atoms with Crippen LogP contribution in [0.1, 0.15) is 5.56 Å². The van der Waals surface area contributed by atoms with Crippen molar-refractivity contribution < 1.29 is 0 Å². The van der Waals surface area contributed by atoms with E-state index >= 15 is 0 Å². The zero-order chi connectivity index (χ0) is 11.7. The standard InChI is InChI=1S/C13H11ClN2S/c14-11-5-3-10(4-6-11)12-2-1-7-16-8-9-17-15-13(12)16/h1-7H,8-9H2. The van der Waals surface area contributed by atoms with Crippen LogP contribution in [0.3, 0.4) is 0 Å². The van der Waals surface area contributed by atoms with E-state index < -0.39 is 0 Å². The van der Waals surface area contributed by atoms with Crippen LogP contribution >= 0.6 is 23.5 Å². The van der Waals surface area contributed by atoms with E-state index in [0.717, 1.165) is 34.3 Å². The summed E-state index contributed by atoms with van der Waals surface area (Å²) in [4.78, 5) is 2.19. The molecule has 3 rings (SSSR count). The van der Waals surface area contributed by atoms with Crippen LogP contribution < -0.4 is 0 Å². The Morgan fingerprint density at radius 3 is 2.88 bits per heavy atom. The van der Waals surface area contributed by atoms with Gasteiger partial charge in [0.2, 0.25) is 0 Å². The molecular formula is C13H11ClN2S. The fraction of sp³-hybridized carbons (Fsp3) is 0.154. The summed E-state index contributed by atoms with van der Waals surface area (Å²) in [6.07, 6.45) is 6.25. The van der Waals surface area contributed by atoms with Crippen molar-refractivity contribution >= 4 is 35.0 Å². The summed E-state index contributed by atoms with van der Waals surface area (Å²) in [5, 5.41) is 0.762. The third-order valence-electron chi connectivity index (χ3n) is 2.77. The Morgan fingerprint density at radius 2 is 2.06 bits per heavy atom. The lowest BCUT2D eigenvalue weighted by Crippen LogP contribution is -2.32. The predicted octanol–water partition coefficient (Wildman–Crippen LogP) is 3.61. The topological polar surface area (TPSA) is 15.6 Å². The third kappa shape index (κ3) is 2.13. The number of rotatable bonds is 1. The molecule has 0 saturated carbocycles. The van der Waals surface area contributed by atoms with Gasteiger partial charge in [0.15, 0.2) is 0 Å². The molecule has 17 heavy (non-hydrogen) atoms. The molecule has 4 heteroatoms. The van der Waals surface area contributed by atoms with E-state index in [9.17, 15) is 0 Å². The zero-order valence-corrected chi connectivity index (χ0v) is 10.7. The molecule has 86 valence electrons. The molecule has 1 aromatic carbocycles. The molecule has 2 aliphatic heterocycles. The first-order valence-electron chi connectivity index (χ1n) is 5.46. The summed E-state index contributed by atoms with van der Waals surface area (Å²) in [6.45, 7) is 1.02. The van der Waals surface area contributed by atoms with Crippen LogP contribution in [-0.2, 0) is 0 Å². The van der Waals surface area contributed by atoms with Crippen molar-refractivity contribution in [3.63, 3.8) is 0 Å². The van der Waals surface area contributed by atoms with Crippen LogP contribution in [-0.4, -0.2) is 23.0 Å². The normalized spacial score (nSPS) is 18.5. The van der Waals surface area contributed by atoms with Gasteiger partial charge in [0, 0.05) is 29.1 Å². The first kappa shape index (κ1) is 10.9. The molecule has 0 N–H and O–H groups in total. The molecular weight excluding hydrogens is 252 g/mol. The molecule has 0 unspecified atom stereocenters. The first-order valence-corrected chi connectivity index (χ1v) is 6.78. The average Bonchev–Trinajstić information content (AvgIpc) is 2.39. The second-order valence-corrected chi connectivity index (χ2v) is 5.16. The van der Waals surface area contributed by atoms with Gasteiger partial charge in [0.05, 0.1) is 0 Å². The molecule has 0 radical (unpaired) electrons. The Morgan fingerprint density at radius 1 is 1.24 bits per heavy atom. The second-order valence-electron chi connectivity index (χ2n) is 3.87. The molecule has 0 bridgehead atoms. The number of halogens is 1. The van der Waals surface area contributed by atoms with Gasteiger partial charge in [-0.2, -0.15) is 4.40 Å². The maximum Gasteiger partial charge on any atom is 0.148 e. The molecule has 0 saturated heterocycles. The van der Waals surface area contributed by atoms with Crippen LogP contribution in [0.2, 0.25) is 5.02 Å². The molecule has 0 fully saturated rings. The van der Waals surface area contributed by atoms with Gasteiger partial charge < -0.3 is 4.90 Å². The number of allylic oxidation sites excluding steroid dienone is 2. The highest BCUT2D eigenvalue weighted by Gasteiger charge is 2.20. The quantitative estimate of drug-likeness (QED) is 0.719. The van der Waals surface area contributed by atoms with E-state index in [0.29, 0.717) is 0 Å². The minimum Gasteiger partial charge on any atom is -0.331 e. The van der Waals surface area contributed by atoms with E-state index in [1.165, 1.54) is 0 Å². The van der Waals surface area contributed by atoms with Gasteiger partial charge in [0.1, 0.15) is 5.84 Å². The van der Waals surface area contributed by atoms with Crippen molar-refractivity contribution in [2.24, 2.45) is 4.40 Å². The Kier molecular flexibility index (Phi) is 2.95. The molecule has 0 amide bonds. The highest BCUT2D eigenvalue weighted by atomic mass is 35.5. The van der Waals surface area contributed by atoms with Crippen molar-refractivity contribution in [2.75, 3.05) is 12.3 Å². The Hall–Kier alpha value is -1.19. The summed E-state index contributed by atoms with van der Waals surface area (Å²) in [7, 11) is 0. The van der Waals surface area contributed by atoms with Crippen molar-refractivity contribution in [1.82, 2.24) is 4.90 Å². The van der Waals surface area contributed by atoms with Gasteiger partial charge in [-0.3, -0.25) is 0 Å². The van der Waals surface area contributed by atoms with Gasteiger partial charge in [-0.15, -0.1) is 0 Å². The number of nitrogens with zero attached hydrogens (tertiary/aromatic N) is 2. The zero-order valence-electron chi connectivity index (χ0n) is 9.14. The minimum absolute atomic E-state index is 0.762. The van der Waals surface area contributed by atoms with Crippen molar-refractivity contribution in [2.45, 2.75) is 0 Å². The van der Waals surface area contributed by atoms with Gasteiger partial charge in [-0.05, 0) is 41.8 Å². The van der Waals surface area contributed by atoms with E-state index in [1.54, 1.807) is 11.9 Å². The molecule has 2 nitrogen and oxygen atoms in total. The number of amidine groups is 1. The molecule has 1 aromatic rings. The largest absolute Gasteiger partial charge is 0.331 e. The van der Waals surface area contributed by atoms with Crippen molar-refractivity contribution in [3.05, 3.63) is 53.2 Å². The lowest BCUT2D eigenvalue weighted by Gasteiger charge is -2.29. The number of fused-ring (bicyclic) bond motifs is 1. The maximum atomic E-state index is 5.91. The molecule has 2 heterocycles. The van der Waals surface area contributed by atoms with Gasteiger partial charge in [-0.1, -0.05) is 23.7 Å². The molecule has 0 aliphatic carbocycles. The molecule has 0 spiro atoms. The number of hydrogen-bond acceptors (Lipinski definition) is 3. The number of hydrogen-bond donors (Lipinski definition) is 0. The minimum atomic E-state index is 0.762. The Bertz CT molecular complexity index is 517. The van der Waals surface area contributed by atoms with Gasteiger partial charge in [-0.25, -0.2) is 0 Å². The number of benzene rings is 1. The fourth-order valence-corrected chi connectivity index (χ4v) is 2.75. The van der Waals surface area contributed by atoms with Gasteiger partial charge >= 0.3 is 0 Å². The lowest BCUT2D eigenvalue weighted by molar-refractivity contribution is 0.594. The summed E-state index contributed by atoms with van der Waals surface area (Å²) in [5.41, 5.74) is 2.32. The predicted molar refractivity (Wildman–Crippen MR) is 75.2 cm³/mol. The molecule has 0 atom stereocenters. The van der Waals surface area contributed by atoms with Crippen molar-refractivity contribution in [3.8, 4) is 0 Å². The fourth-order valence-electron chi connectivity index (χ4n) is 1.93. The van der Waals surface area contributed by atoms with Crippen molar-refractivity contribution in [1.29, 1.82) is 0 Å². The average molecular weight is 263 g/mol. The van der Waals surface area contributed by atoms with Crippen LogP contribution in [0.5, 0.6) is 0 Å². The highest BCUT2D eigenvalue weighted by Crippen LogP contribution is 2.27. The smallest absolute Gasteiger partial charge is 0.148 e. The summed E-state index contributed by atoms with van der Waals surface area (Å²) in [5.74, 6) is 2.09. The van der Waals surface area contributed by atoms with Crippen LogP contribution in [0.15, 0.2) is 47.0 Å². The maximum absolute atomic E-state index is 5.91. The second kappa shape index (κ2) is 4.59. The third-order valence-corrected chi connectivity index (χ3v) is 3.69. The molecule has 2 aliphatic rings. The summed E-state index contributed by atoms with van der Waals surface area (Å²) in [6, 6.07) is 7.90. The first-order chi connectivity index (χ1) is 8.34. The lowest BCUT2D eigenvalue weighted by atomic mass is 10.0. The van der Waals surface area contributed by atoms with E-state index in [1.807, 2.05) is 24.3 Å². The summed E-state index contributed by atoms with van der Waals surface area (Å²) >= 11 is 7.54. The van der Waals surface area contributed by atoms with Crippen LogP contribution in [0, 0.1) is 0 Å². The Balaban J connectivity index is 2.01.